The van der Waals surface area contributed by atoms with Crippen molar-refractivity contribution in [1.29, 1.82) is 0 Å². The minimum atomic E-state index is -3.80. The lowest BCUT2D eigenvalue weighted by Gasteiger charge is -2.34. The maximum Gasteiger partial charge on any atom is 0.260 e. The Morgan fingerprint density at radius 3 is 2.46 bits per heavy atom. The second-order valence-electron chi connectivity index (χ2n) is 6.08. The zero-order valence-electron chi connectivity index (χ0n) is 14.6. The number of ether oxygens (including phenoxy) is 1. The van der Waals surface area contributed by atoms with Crippen molar-refractivity contribution < 1.29 is 22.3 Å². The van der Waals surface area contributed by atoms with Gasteiger partial charge in [0.05, 0.1) is 14.4 Å². The third-order valence-electron chi connectivity index (χ3n) is 4.31. The number of piperazine rings is 1. The zero-order chi connectivity index (χ0) is 20.3. The molecule has 10 heteroatoms. The summed E-state index contributed by atoms with van der Waals surface area (Å²) >= 11 is 9.04. The molecule has 28 heavy (non-hydrogen) atoms. The van der Waals surface area contributed by atoms with Gasteiger partial charge < -0.3 is 9.64 Å². The predicted octanol–water partition coefficient (Wildman–Crippen LogP) is 3.15. The summed E-state index contributed by atoms with van der Waals surface area (Å²) in [6, 6.07) is 10.5. The predicted molar refractivity (Wildman–Crippen MR) is 106 cm³/mol. The second-order valence-corrected chi connectivity index (χ2v) is 9.28. The molecule has 0 saturated carbocycles. The molecule has 0 aliphatic carbocycles. The molecule has 1 saturated heterocycles. The summed E-state index contributed by atoms with van der Waals surface area (Å²) < 4.78 is 46.2. The lowest BCUT2D eigenvalue weighted by molar-refractivity contribution is -0.134. The summed E-state index contributed by atoms with van der Waals surface area (Å²) in [5.41, 5.74) is 0. The van der Waals surface area contributed by atoms with Crippen LogP contribution in [0.5, 0.6) is 5.75 Å². The Bertz CT molecular complexity index is 981. The van der Waals surface area contributed by atoms with Crippen LogP contribution in [-0.4, -0.2) is 56.3 Å². The van der Waals surface area contributed by atoms with E-state index < -0.39 is 15.8 Å². The Morgan fingerprint density at radius 1 is 1.14 bits per heavy atom. The summed E-state index contributed by atoms with van der Waals surface area (Å²) in [4.78, 5) is 13.8. The van der Waals surface area contributed by atoms with Gasteiger partial charge in [-0.15, -0.1) is 0 Å². The number of carbonyl (C=O) groups is 1. The molecule has 1 amide bonds. The first-order chi connectivity index (χ1) is 13.3. The number of hydrogen-bond donors (Lipinski definition) is 0. The number of para-hydroxylation sites is 1. The quantitative estimate of drug-likeness (QED) is 0.644. The molecule has 2 aromatic carbocycles. The first-order valence-corrected chi connectivity index (χ1v) is 11.0. The average Bonchev–Trinajstić information content (AvgIpc) is 2.69. The molecule has 0 unspecified atom stereocenters. The van der Waals surface area contributed by atoms with Crippen molar-refractivity contribution >= 4 is 43.5 Å². The molecule has 1 heterocycles. The SMILES string of the molecule is O=C(COc1ccccc1Br)N1CCN(S(=O)(=O)c2ccc(F)c(Cl)c2)CC1. The molecule has 1 fully saturated rings. The van der Waals surface area contributed by atoms with Crippen molar-refractivity contribution in [3.63, 3.8) is 0 Å². The molecule has 3 rings (SSSR count). The van der Waals surface area contributed by atoms with Gasteiger partial charge in [-0.3, -0.25) is 4.79 Å². The van der Waals surface area contributed by atoms with E-state index in [0.29, 0.717) is 5.75 Å². The molecule has 0 aromatic heterocycles. The smallest absolute Gasteiger partial charge is 0.260 e. The van der Waals surface area contributed by atoms with Gasteiger partial charge in [0.25, 0.3) is 5.91 Å². The molecular formula is C18H17BrClFN2O4S. The van der Waals surface area contributed by atoms with Crippen LogP contribution in [-0.2, 0) is 14.8 Å². The monoisotopic (exact) mass is 490 g/mol. The fourth-order valence-corrected chi connectivity index (χ4v) is 4.85. The van der Waals surface area contributed by atoms with Crippen molar-refractivity contribution in [2.45, 2.75) is 4.90 Å². The number of halogens is 3. The number of carbonyl (C=O) groups excluding carboxylic acids is 1. The molecule has 0 radical (unpaired) electrons. The number of amides is 1. The molecule has 150 valence electrons. The Kier molecular flexibility index (Phi) is 6.59. The number of hydrogen-bond acceptors (Lipinski definition) is 4. The van der Waals surface area contributed by atoms with Crippen LogP contribution in [0.1, 0.15) is 0 Å². The van der Waals surface area contributed by atoms with Crippen molar-refractivity contribution in [2.75, 3.05) is 32.8 Å². The van der Waals surface area contributed by atoms with Crippen LogP contribution < -0.4 is 4.74 Å². The molecule has 2 aromatic rings. The van der Waals surface area contributed by atoms with Crippen LogP contribution in [0.4, 0.5) is 4.39 Å². The van der Waals surface area contributed by atoms with E-state index in [-0.39, 0.29) is 48.6 Å². The second kappa shape index (κ2) is 8.77. The third-order valence-corrected chi connectivity index (χ3v) is 7.15. The topological polar surface area (TPSA) is 66.9 Å². The number of rotatable bonds is 5. The van der Waals surface area contributed by atoms with Gasteiger partial charge in [-0.05, 0) is 46.3 Å². The fourth-order valence-electron chi connectivity index (χ4n) is 2.76. The Morgan fingerprint density at radius 2 is 1.82 bits per heavy atom. The first kappa shape index (κ1) is 21.0. The molecule has 0 spiro atoms. The number of nitrogens with zero attached hydrogens (tertiary/aromatic N) is 2. The molecule has 6 nitrogen and oxygen atoms in total. The summed E-state index contributed by atoms with van der Waals surface area (Å²) in [7, 11) is -3.80. The van der Waals surface area contributed by atoms with Crippen molar-refractivity contribution in [2.24, 2.45) is 0 Å². The highest BCUT2D eigenvalue weighted by molar-refractivity contribution is 9.10. The van der Waals surface area contributed by atoms with Gasteiger partial charge in [0.2, 0.25) is 10.0 Å². The van der Waals surface area contributed by atoms with Crippen LogP contribution in [0.15, 0.2) is 51.8 Å². The average molecular weight is 492 g/mol. The largest absolute Gasteiger partial charge is 0.483 e. The number of sulfonamides is 1. The Hall–Kier alpha value is -1.68. The van der Waals surface area contributed by atoms with E-state index in [4.69, 9.17) is 16.3 Å². The van der Waals surface area contributed by atoms with Gasteiger partial charge in [-0.2, -0.15) is 4.31 Å². The molecule has 1 aliphatic heterocycles. The van der Waals surface area contributed by atoms with Crippen LogP contribution >= 0.6 is 27.5 Å². The fraction of sp³-hybridized carbons (Fsp3) is 0.278. The van der Waals surface area contributed by atoms with Crippen LogP contribution in [0, 0.1) is 5.82 Å². The van der Waals surface area contributed by atoms with E-state index in [0.717, 1.165) is 16.6 Å². The standard InChI is InChI=1S/C18H17BrClFN2O4S/c19-14-3-1-2-4-17(14)27-12-18(24)22-7-9-23(10-8-22)28(25,26)13-5-6-16(21)15(20)11-13/h1-6,11H,7-10,12H2. The highest BCUT2D eigenvalue weighted by Gasteiger charge is 2.30. The van der Waals surface area contributed by atoms with Crippen LogP contribution in [0.25, 0.3) is 0 Å². The molecule has 0 atom stereocenters. The van der Waals surface area contributed by atoms with E-state index in [1.807, 2.05) is 12.1 Å². The lowest BCUT2D eigenvalue weighted by Crippen LogP contribution is -2.51. The third kappa shape index (κ3) is 4.65. The van der Waals surface area contributed by atoms with E-state index in [2.05, 4.69) is 15.9 Å². The number of benzene rings is 2. The van der Waals surface area contributed by atoms with E-state index in [1.165, 1.54) is 10.4 Å². The maximum absolute atomic E-state index is 13.3. The van der Waals surface area contributed by atoms with E-state index >= 15 is 0 Å². The minimum absolute atomic E-state index is 0.0732. The molecule has 0 bridgehead atoms. The molecular weight excluding hydrogens is 475 g/mol. The van der Waals surface area contributed by atoms with Gasteiger partial charge in [0.1, 0.15) is 11.6 Å². The minimum Gasteiger partial charge on any atom is -0.483 e. The summed E-state index contributed by atoms with van der Waals surface area (Å²) in [5, 5.41) is -0.251. The zero-order valence-corrected chi connectivity index (χ0v) is 17.8. The molecule has 0 N–H and O–H groups in total. The summed E-state index contributed by atoms with van der Waals surface area (Å²) in [6.45, 7) is 0.623. The molecule has 1 aliphatic rings. The lowest BCUT2D eigenvalue weighted by atomic mass is 10.3. The normalized spacial score (nSPS) is 15.5. The summed E-state index contributed by atoms with van der Waals surface area (Å²) in [6.07, 6.45) is 0. The van der Waals surface area contributed by atoms with Crippen molar-refractivity contribution in [1.82, 2.24) is 9.21 Å². The first-order valence-electron chi connectivity index (χ1n) is 8.39. The van der Waals surface area contributed by atoms with Crippen LogP contribution in [0.2, 0.25) is 5.02 Å². The summed E-state index contributed by atoms with van der Waals surface area (Å²) in [5.74, 6) is -0.344. The van der Waals surface area contributed by atoms with Gasteiger partial charge in [-0.1, -0.05) is 23.7 Å². The van der Waals surface area contributed by atoms with Crippen LogP contribution in [0.3, 0.4) is 0 Å². The van der Waals surface area contributed by atoms with Gasteiger partial charge in [-0.25, -0.2) is 12.8 Å². The van der Waals surface area contributed by atoms with Gasteiger partial charge in [0.15, 0.2) is 6.61 Å². The maximum atomic E-state index is 13.3. The highest BCUT2D eigenvalue weighted by atomic mass is 79.9. The highest BCUT2D eigenvalue weighted by Crippen LogP contribution is 2.25. The van der Waals surface area contributed by atoms with Crippen molar-refractivity contribution in [3.05, 3.63) is 57.8 Å². The van der Waals surface area contributed by atoms with Gasteiger partial charge in [0, 0.05) is 26.2 Å². The van der Waals surface area contributed by atoms with Crippen molar-refractivity contribution in [3.8, 4) is 5.75 Å². The van der Waals surface area contributed by atoms with E-state index in [9.17, 15) is 17.6 Å². The Balaban J connectivity index is 1.58. The van der Waals surface area contributed by atoms with E-state index in [1.54, 1.807) is 17.0 Å². The Labute approximate surface area is 176 Å². The van der Waals surface area contributed by atoms with Gasteiger partial charge >= 0.3 is 0 Å².